The number of hydrogen-bond donors (Lipinski definition) is 10. The van der Waals surface area contributed by atoms with Gasteiger partial charge in [0.25, 0.3) is 0 Å². The molecule has 0 amide bonds. The first-order valence-electron chi connectivity index (χ1n) is 17.3. The molecule has 3 aromatic rings. The smallest absolute Gasteiger partial charge is 0.0693 e. The van der Waals surface area contributed by atoms with Crippen LogP contribution in [0.25, 0.3) is 44.4 Å². The lowest BCUT2D eigenvalue weighted by atomic mass is 9.97. The highest BCUT2D eigenvalue weighted by Gasteiger charge is 2.23. The van der Waals surface area contributed by atoms with Gasteiger partial charge in [-0.25, -0.2) is 9.97 Å². The van der Waals surface area contributed by atoms with Crippen LogP contribution in [0.5, 0.6) is 0 Å². The Bertz CT molecular complexity index is 1570. The summed E-state index contributed by atoms with van der Waals surface area (Å²) in [6.07, 6.45) is 5.44. The summed E-state index contributed by atoms with van der Waals surface area (Å²) in [4.78, 5) is 18.0. The van der Waals surface area contributed by atoms with Crippen molar-refractivity contribution >= 4 is 44.4 Å². The molecule has 8 bridgehead atoms. The van der Waals surface area contributed by atoms with Crippen molar-refractivity contribution in [2.24, 2.45) is 45.9 Å². The third-order valence-corrected chi connectivity index (χ3v) is 9.29. The summed E-state index contributed by atoms with van der Waals surface area (Å²) in [6.45, 7) is 3.93. The zero-order chi connectivity index (χ0) is 34.2. The molecule has 0 fully saturated rings. The van der Waals surface area contributed by atoms with E-state index in [1.54, 1.807) is 0 Å². The summed E-state index contributed by atoms with van der Waals surface area (Å²) in [5, 5.41) is 0. The molecule has 48 heavy (non-hydrogen) atoms. The third-order valence-electron chi connectivity index (χ3n) is 9.29. The minimum atomic E-state index is 0.488. The van der Waals surface area contributed by atoms with Gasteiger partial charge in [0.15, 0.2) is 0 Å². The summed E-state index contributed by atoms with van der Waals surface area (Å²) >= 11 is 0. The van der Waals surface area contributed by atoms with Crippen LogP contribution in [-0.4, -0.2) is 72.3 Å². The van der Waals surface area contributed by atoms with Crippen LogP contribution < -0.4 is 45.9 Å². The van der Waals surface area contributed by atoms with E-state index >= 15 is 0 Å². The largest absolute Gasteiger partial charge is 0.355 e. The molecule has 0 atom stereocenters. The van der Waals surface area contributed by atoms with E-state index in [2.05, 4.69) is 34.2 Å². The molecule has 18 N–H and O–H groups in total. The number of fused-ring (bicyclic) bond motifs is 8. The van der Waals surface area contributed by atoms with E-state index in [1.165, 1.54) is 0 Å². The quantitative estimate of drug-likeness (QED) is 0.106. The monoisotopic (exact) mass is 654 g/mol. The van der Waals surface area contributed by atoms with E-state index in [9.17, 15) is 0 Å². The van der Waals surface area contributed by atoms with Crippen LogP contribution in [0, 0.1) is 0 Å². The Labute approximate surface area is 282 Å². The van der Waals surface area contributed by atoms with Crippen molar-refractivity contribution in [2.45, 2.75) is 51.4 Å². The zero-order valence-electron chi connectivity index (χ0n) is 28.1. The minimum Gasteiger partial charge on any atom is -0.355 e. The predicted octanol–water partition coefficient (Wildman–Crippen LogP) is 1.54. The van der Waals surface area contributed by atoms with Gasteiger partial charge in [0.05, 0.1) is 22.8 Å². The fourth-order valence-electron chi connectivity index (χ4n) is 7.32. The number of nitrogens with one attached hydrogen (secondary N) is 2. The molecule has 12 heteroatoms. The predicted molar refractivity (Wildman–Crippen MR) is 200 cm³/mol. The maximum absolute atomic E-state index is 6.19. The van der Waals surface area contributed by atoms with Gasteiger partial charge in [-0.15, -0.1) is 0 Å². The fourth-order valence-corrected chi connectivity index (χ4v) is 7.32. The van der Waals surface area contributed by atoms with Gasteiger partial charge < -0.3 is 55.8 Å². The van der Waals surface area contributed by atoms with E-state index < -0.39 is 0 Å². The van der Waals surface area contributed by atoms with Gasteiger partial charge >= 0.3 is 0 Å². The van der Waals surface area contributed by atoms with Crippen LogP contribution in [0.2, 0.25) is 0 Å². The number of aromatic amines is 2. The summed E-state index contributed by atoms with van der Waals surface area (Å²) in [5.74, 6) is 0. The van der Waals surface area contributed by atoms with Crippen molar-refractivity contribution in [1.82, 2.24) is 19.9 Å². The van der Waals surface area contributed by atoms with Crippen molar-refractivity contribution in [3.8, 4) is 0 Å². The number of nitrogens with zero attached hydrogens (tertiary/aromatic N) is 2. The third kappa shape index (κ3) is 7.16. The topological polar surface area (TPSA) is 266 Å². The number of rotatable bonds is 16. The standard InChI is InChI=1S/C36H54N12/c37-9-1-21-22(2-10-38)30-18-32-25(5-13-41)26(6-14-42)34(47-32)20-36-28(8-16-44)27(7-15-43)35(48-36)19-33-24(4-12-40)23(3-11-39)31(46-33)17-29(21)45-30/h17-20,45,48H,1-16,37-44H2. The molecule has 5 rings (SSSR count). The van der Waals surface area contributed by atoms with E-state index in [0.717, 1.165) is 89.4 Å². The number of hydrogen-bond acceptors (Lipinski definition) is 10. The van der Waals surface area contributed by atoms with Gasteiger partial charge in [-0.05, 0) is 173 Å². The molecule has 0 spiro atoms. The Hall–Kier alpha value is -3.72. The van der Waals surface area contributed by atoms with Gasteiger partial charge in [-0.3, -0.25) is 0 Å². The number of H-pyrrole nitrogens is 2. The van der Waals surface area contributed by atoms with Crippen molar-refractivity contribution in [3.05, 3.63) is 69.3 Å². The highest BCUT2D eigenvalue weighted by molar-refractivity contribution is 5.96. The Balaban J connectivity index is 2.02. The molecule has 3 aromatic heterocycles. The van der Waals surface area contributed by atoms with Gasteiger partial charge in [-0.2, -0.15) is 0 Å². The molecule has 0 aliphatic carbocycles. The second-order valence-corrected chi connectivity index (χ2v) is 12.4. The molecule has 12 nitrogen and oxygen atoms in total. The second kappa shape index (κ2) is 16.6. The highest BCUT2D eigenvalue weighted by atomic mass is 14.8. The van der Waals surface area contributed by atoms with Crippen LogP contribution in [0.1, 0.15) is 70.7 Å². The molecule has 0 saturated heterocycles. The molecule has 0 aromatic carbocycles. The Morgan fingerprint density at radius 1 is 0.333 bits per heavy atom. The van der Waals surface area contributed by atoms with E-state index in [4.69, 9.17) is 55.8 Å². The Kier molecular flexibility index (Phi) is 12.3. The van der Waals surface area contributed by atoms with Gasteiger partial charge in [0.2, 0.25) is 0 Å². The van der Waals surface area contributed by atoms with E-state index in [-0.39, 0.29) is 0 Å². The molecule has 2 aliphatic heterocycles. The second-order valence-electron chi connectivity index (χ2n) is 12.4. The first-order chi connectivity index (χ1) is 23.5. The Morgan fingerprint density at radius 3 is 0.729 bits per heavy atom. The lowest BCUT2D eigenvalue weighted by molar-refractivity contribution is 0.923. The highest BCUT2D eigenvalue weighted by Crippen LogP contribution is 2.38. The van der Waals surface area contributed by atoms with Crippen molar-refractivity contribution in [3.63, 3.8) is 0 Å². The molecule has 258 valence electrons. The van der Waals surface area contributed by atoms with Crippen LogP contribution >= 0.6 is 0 Å². The van der Waals surface area contributed by atoms with Gasteiger partial charge in [-0.1, -0.05) is 0 Å². The van der Waals surface area contributed by atoms with Crippen LogP contribution in [0.3, 0.4) is 0 Å². The molecular weight excluding hydrogens is 600 g/mol. The van der Waals surface area contributed by atoms with Crippen LogP contribution in [0.15, 0.2) is 24.3 Å². The van der Waals surface area contributed by atoms with Crippen LogP contribution in [-0.2, 0) is 25.7 Å². The Morgan fingerprint density at radius 2 is 0.542 bits per heavy atom. The lowest BCUT2D eigenvalue weighted by Gasteiger charge is -2.07. The molecule has 0 radical (unpaired) electrons. The summed E-state index contributed by atoms with van der Waals surface area (Å²) in [7, 11) is 0. The first-order valence-corrected chi connectivity index (χ1v) is 17.3. The van der Waals surface area contributed by atoms with E-state index in [1.807, 2.05) is 0 Å². The maximum atomic E-state index is 6.19. The maximum Gasteiger partial charge on any atom is 0.0693 e. The van der Waals surface area contributed by atoms with Crippen molar-refractivity contribution in [2.75, 3.05) is 52.4 Å². The average molecular weight is 655 g/mol. The zero-order valence-corrected chi connectivity index (χ0v) is 28.1. The summed E-state index contributed by atoms with van der Waals surface area (Å²) in [5.41, 5.74) is 65.8. The molecular formula is C36H54N12. The average Bonchev–Trinajstić information content (AvgIpc) is 3.75. The first kappa shape index (κ1) is 35.6. The van der Waals surface area contributed by atoms with Crippen LogP contribution in [0.4, 0.5) is 0 Å². The molecule has 0 unspecified atom stereocenters. The molecule has 5 heterocycles. The number of nitrogens with two attached hydrogens (primary N) is 8. The fraction of sp³-hybridized carbons (Fsp3) is 0.444. The summed E-state index contributed by atoms with van der Waals surface area (Å²) < 4.78 is 0. The van der Waals surface area contributed by atoms with Crippen molar-refractivity contribution in [1.29, 1.82) is 0 Å². The minimum absolute atomic E-state index is 0.488. The molecule has 0 saturated carbocycles. The lowest BCUT2D eigenvalue weighted by Crippen LogP contribution is -2.08. The van der Waals surface area contributed by atoms with Gasteiger partial charge in [0, 0.05) is 22.1 Å². The van der Waals surface area contributed by atoms with E-state index in [0.29, 0.717) is 104 Å². The SMILES string of the molecule is NCCC1=C(CCN)c2cc3[nH]c(cc4nc(cc5[nH]c(cc1n2)c(CCN)c5CCN)C(CCN)=C4CCN)c(CCN)c3CCN. The van der Waals surface area contributed by atoms with Gasteiger partial charge in [0.1, 0.15) is 0 Å². The molecule has 2 aliphatic rings. The summed E-state index contributed by atoms with van der Waals surface area (Å²) in [6, 6.07) is 8.54. The normalized spacial score (nSPS) is 13.3. The number of aromatic nitrogens is 4. The van der Waals surface area contributed by atoms with Crippen molar-refractivity contribution < 1.29 is 0 Å².